The molecule has 0 aliphatic carbocycles. The first-order chi connectivity index (χ1) is 9.24. The highest BCUT2D eigenvalue weighted by Gasteiger charge is 2.34. The zero-order chi connectivity index (χ0) is 15.1. The first-order valence-corrected chi connectivity index (χ1v) is 5.04. The molecule has 7 heteroatoms. The molecule has 0 spiro atoms. The van der Waals surface area contributed by atoms with Crippen molar-refractivity contribution < 1.29 is 19.1 Å². The summed E-state index contributed by atoms with van der Waals surface area (Å²) in [5.41, 5.74) is -2.36. The van der Waals surface area contributed by atoms with Crippen molar-refractivity contribution in [3.63, 3.8) is 0 Å². The third kappa shape index (κ3) is 2.17. The largest absolute Gasteiger partial charge is 0.394 e. The number of aromatic amines is 1. The van der Waals surface area contributed by atoms with Gasteiger partial charge in [0.1, 0.15) is 12.3 Å². The number of hydrogen-bond donors (Lipinski definition) is 3. The molecule has 0 radical (unpaired) electrons. The van der Waals surface area contributed by atoms with Crippen LogP contribution < -0.4 is 11.2 Å². The van der Waals surface area contributed by atoms with Gasteiger partial charge in [0.2, 0.25) is 0 Å². The highest BCUT2D eigenvalue weighted by molar-refractivity contribution is 5.02. The fraction of sp³-hybridized carbons (Fsp3) is 0.600. The Morgan fingerprint density at radius 1 is 1.71 bits per heavy atom. The van der Waals surface area contributed by atoms with Gasteiger partial charge in [-0.2, -0.15) is 0 Å². The Bertz CT molecular complexity index is 608. The second-order valence-electron chi connectivity index (χ2n) is 3.82. The number of hydrogen-bond acceptors (Lipinski definition) is 5. The molecule has 2 heterocycles. The Morgan fingerprint density at radius 2 is 2.47 bits per heavy atom. The molecule has 1 aliphatic rings. The van der Waals surface area contributed by atoms with Crippen LogP contribution in [0.5, 0.6) is 0 Å². The zero-order valence-electron chi connectivity index (χ0n) is 11.8. The van der Waals surface area contributed by atoms with E-state index in [2.05, 4.69) is 0 Å². The van der Waals surface area contributed by atoms with Crippen molar-refractivity contribution in [3.05, 3.63) is 32.6 Å². The molecular formula is C10H14N2O5. The van der Waals surface area contributed by atoms with E-state index in [0.717, 1.165) is 10.8 Å². The Morgan fingerprint density at radius 3 is 3.06 bits per heavy atom. The molecule has 1 fully saturated rings. The van der Waals surface area contributed by atoms with E-state index in [9.17, 15) is 14.7 Å². The predicted octanol–water partition coefficient (Wildman–Crippen LogP) is -1.51. The second-order valence-corrected chi connectivity index (χ2v) is 3.82. The van der Waals surface area contributed by atoms with Gasteiger partial charge in [0.05, 0.1) is 12.7 Å². The quantitative estimate of drug-likeness (QED) is 0.590. The van der Waals surface area contributed by atoms with E-state index in [1.807, 2.05) is 4.98 Å². The lowest BCUT2D eigenvalue weighted by Gasteiger charge is -2.14. The molecule has 94 valence electrons. The van der Waals surface area contributed by atoms with Crippen LogP contribution in [0, 0.1) is 6.85 Å². The normalized spacial score (nSPS) is 31.9. The summed E-state index contributed by atoms with van der Waals surface area (Å²) in [7, 11) is 0. The number of nitrogens with one attached hydrogen (secondary N) is 1. The number of aromatic nitrogens is 2. The Balaban J connectivity index is 2.43. The number of ether oxygens (including phenoxy) is 1. The van der Waals surface area contributed by atoms with E-state index in [4.69, 9.17) is 14.0 Å². The van der Waals surface area contributed by atoms with Gasteiger partial charge in [-0.3, -0.25) is 14.3 Å². The number of H-pyrrole nitrogens is 1. The minimum atomic E-state index is -2.67. The van der Waals surface area contributed by atoms with Gasteiger partial charge in [0, 0.05) is 22.3 Å². The summed E-state index contributed by atoms with van der Waals surface area (Å²) in [6.45, 7) is -3.10. The van der Waals surface area contributed by atoms with Gasteiger partial charge < -0.3 is 14.9 Å². The molecular weight excluding hydrogens is 228 g/mol. The van der Waals surface area contributed by atoms with Crippen LogP contribution >= 0.6 is 0 Å². The highest BCUT2D eigenvalue weighted by Crippen LogP contribution is 2.27. The minimum absolute atomic E-state index is 0.0115. The first-order valence-electron chi connectivity index (χ1n) is 6.54. The summed E-state index contributed by atoms with van der Waals surface area (Å²) < 4.78 is 27.9. The van der Waals surface area contributed by atoms with Crippen LogP contribution in [0.15, 0.2) is 15.8 Å². The van der Waals surface area contributed by atoms with Crippen LogP contribution in [0.3, 0.4) is 0 Å². The summed E-state index contributed by atoms with van der Waals surface area (Å²) in [5.74, 6) is 0. The molecule has 0 bridgehead atoms. The Labute approximate surface area is 101 Å². The van der Waals surface area contributed by atoms with Crippen molar-refractivity contribution in [1.29, 1.82) is 0 Å². The lowest BCUT2D eigenvalue weighted by molar-refractivity contribution is -0.0459. The van der Waals surface area contributed by atoms with Gasteiger partial charge in [-0.05, 0) is 6.85 Å². The van der Waals surface area contributed by atoms with Crippen LogP contribution in [-0.2, 0) is 4.74 Å². The Kier molecular flexibility index (Phi) is 2.25. The van der Waals surface area contributed by atoms with E-state index in [1.165, 1.54) is 0 Å². The van der Waals surface area contributed by atoms with Gasteiger partial charge in [0.15, 0.2) is 0 Å². The van der Waals surface area contributed by atoms with E-state index in [1.54, 1.807) is 0 Å². The monoisotopic (exact) mass is 248 g/mol. The summed E-state index contributed by atoms with van der Waals surface area (Å²) in [5, 5.41) is 18.6. The SMILES string of the molecule is [3H]C([3H])([3H])c1cn([C@H]2C[C@H](O)[C@@H](CO)O2)c(=O)[nH]c1=O. The molecule has 0 aromatic carbocycles. The number of aliphatic hydroxyl groups excluding tert-OH is 2. The lowest BCUT2D eigenvalue weighted by atomic mass is 10.2. The standard InChI is InChI=1S/C10H14N2O5/c1-5-3-12(10(16)11-9(5)15)8-2-6(14)7(4-13)17-8/h3,6-8,13-14H,2,4H2,1H3,(H,11,15,16)/t6-,7+,8+/m0/s1/i1T3. The number of aliphatic hydroxyl groups is 2. The second kappa shape index (κ2) is 4.44. The molecule has 0 unspecified atom stereocenters. The zero-order valence-corrected chi connectivity index (χ0v) is 8.79. The molecule has 1 aliphatic heterocycles. The van der Waals surface area contributed by atoms with Crippen LogP contribution in [0.2, 0.25) is 0 Å². The van der Waals surface area contributed by atoms with Gasteiger partial charge in [-0.25, -0.2) is 4.79 Å². The van der Waals surface area contributed by atoms with Crippen LogP contribution in [0.1, 0.15) is 22.3 Å². The van der Waals surface area contributed by atoms with Crippen molar-refractivity contribution >= 4 is 0 Å². The van der Waals surface area contributed by atoms with E-state index < -0.39 is 48.7 Å². The molecule has 1 aromatic rings. The summed E-state index contributed by atoms with van der Waals surface area (Å²) in [6, 6.07) is 0. The average Bonchev–Trinajstić information content (AvgIpc) is 2.68. The van der Waals surface area contributed by atoms with Crippen molar-refractivity contribution in [3.8, 4) is 0 Å². The highest BCUT2D eigenvalue weighted by atomic mass is 16.5. The average molecular weight is 248 g/mol. The fourth-order valence-electron chi connectivity index (χ4n) is 1.75. The number of nitrogens with zero attached hydrogens (tertiary/aromatic N) is 1. The van der Waals surface area contributed by atoms with Crippen molar-refractivity contribution in [2.45, 2.75) is 31.7 Å². The van der Waals surface area contributed by atoms with E-state index >= 15 is 0 Å². The molecule has 0 amide bonds. The Hall–Kier alpha value is -1.44. The summed E-state index contributed by atoms with van der Waals surface area (Å²) in [4.78, 5) is 25.1. The third-order valence-electron chi connectivity index (χ3n) is 2.66. The smallest absolute Gasteiger partial charge is 0.330 e. The topological polar surface area (TPSA) is 105 Å². The molecule has 2 rings (SSSR count). The number of aryl methyl sites for hydroxylation is 1. The van der Waals surface area contributed by atoms with E-state index in [0.29, 0.717) is 0 Å². The molecule has 0 saturated carbocycles. The van der Waals surface area contributed by atoms with E-state index in [-0.39, 0.29) is 6.42 Å². The molecule has 1 saturated heterocycles. The van der Waals surface area contributed by atoms with Crippen molar-refractivity contribution in [1.82, 2.24) is 9.55 Å². The molecule has 1 aromatic heterocycles. The lowest BCUT2D eigenvalue weighted by Crippen LogP contribution is -2.33. The predicted molar refractivity (Wildman–Crippen MR) is 57.7 cm³/mol. The maximum Gasteiger partial charge on any atom is 0.330 e. The summed E-state index contributed by atoms with van der Waals surface area (Å²) >= 11 is 0. The fourth-order valence-corrected chi connectivity index (χ4v) is 1.75. The first kappa shape index (κ1) is 8.62. The molecule has 17 heavy (non-hydrogen) atoms. The van der Waals surface area contributed by atoms with Crippen molar-refractivity contribution in [2.75, 3.05) is 6.61 Å². The molecule has 3 N–H and O–H groups in total. The molecule has 7 nitrogen and oxygen atoms in total. The third-order valence-corrected chi connectivity index (χ3v) is 2.66. The van der Waals surface area contributed by atoms with Gasteiger partial charge in [-0.15, -0.1) is 0 Å². The minimum Gasteiger partial charge on any atom is -0.394 e. The van der Waals surface area contributed by atoms with Crippen LogP contribution in [-0.4, -0.2) is 38.6 Å². The number of rotatable bonds is 2. The summed E-state index contributed by atoms with van der Waals surface area (Å²) in [6.07, 6.45) is -1.84. The van der Waals surface area contributed by atoms with Crippen LogP contribution in [0.25, 0.3) is 0 Å². The van der Waals surface area contributed by atoms with Gasteiger partial charge in [0.25, 0.3) is 5.56 Å². The van der Waals surface area contributed by atoms with Crippen LogP contribution in [0.4, 0.5) is 0 Å². The maximum atomic E-state index is 11.7. The van der Waals surface area contributed by atoms with Gasteiger partial charge >= 0.3 is 5.69 Å². The maximum absolute atomic E-state index is 11.7. The van der Waals surface area contributed by atoms with Crippen molar-refractivity contribution in [2.24, 2.45) is 0 Å². The van der Waals surface area contributed by atoms with Gasteiger partial charge in [-0.1, -0.05) is 0 Å². The molecule has 3 atom stereocenters.